The van der Waals surface area contributed by atoms with Crippen LogP contribution in [-0.4, -0.2) is 17.6 Å². The van der Waals surface area contributed by atoms with Crippen molar-refractivity contribution in [3.05, 3.63) is 62.5 Å². The number of pyridine rings is 1. The molecule has 0 aliphatic carbocycles. The molecule has 0 unspecified atom stereocenters. The minimum Gasteiger partial charge on any atom is -0.465 e. The van der Waals surface area contributed by atoms with Crippen LogP contribution in [0, 0.1) is 11.6 Å². The molecule has 0 radical (unpaired) electrons. The summed E-state index contributed by atoms with van der Waals surface area (Å²) >= 11 is 3.14. The van der Waals surface area contributed by atoms with Crippen molar-refractivity contribution in [3.8, 4) is 5.69 Å². The fraction of sp³-hybridized carbons (Fsp3) is 0.0769. The number of methoxy groups -OCH3 is 1. The molecule has 0 spiro atoms. The Morgan fingerprint density at radius 2 is 1.95 bits per heavy atom. The average Bonchev–Trinajstić information content (AvgIpc) is 2.43. The van der Waals surface area contributed by atoms with Gasteiger partial charge in [-0.2, -0.15) is 0 Å². The Hall–Kier alpha value is -2.02. The molecular formula is C13H8BrF2NO3. The van der Waals surface area contributed by atoms with E-state index < -0.39 is 23.2 Å². The number of hydrogen-bond donors (Lipinski definition) is 0. The molecule has 20 heavy (non-hydrogen) atoms. The van der Waals surface area contributed by atoms with Gasteiger partial charge in [-0.05, 0) is 34.1 Å². The van der Waals surface area contributed by atoms with Gasteiger partial charge in [0.25, 0.3) is 5.56 Å². The van der Waals surface area contributed by atoms with Crippen molar-refractivity contribution in [2.45, 2.75) is 0 Å². The third-order valence-corrected chi connectivity index (χ3v) is 3.00. The lowest BCUT2D eigenvalue weighted by Gasteiger charge is -2.09. The van der Waals surface area contributed by atoms with Crippen molar-refractivity contribution in [1.29, 1.82) is 0 Å². The first-order valence-electron chi connectivity index (χ1n) is 5.40. The number of benzene rings is 1. The molecule has 0 N–H and O–H groups in total. The Morgan fingerprint density at radius 3 is 2.55 bits per heavy atom. The summed E-state index contributed by atoms with van der Waals surface area (Å²) in [4.78, 5) is 23.6. The lowest BCUT2D eigenvalue weighted by atomic mass is 10.2. The first-order chi connectivity index (χ1) is 9.43. The first-order valence-corrected chi connectivity index (χ1v) is 6.19. The molecule has 0 aliphatic rings. The van der Waals surface area contributed by atoms with Crippen LogP contribution in [0.15, 0.2) is 39.7 Å². The quantitative estimate of drug-likeness (QED) is 0.787. The zero-order valence-corrected chi connectivity index (χ0v) is 11.8. The predicted molar refractivity (Wildman–Crippen MR) is 71.0 cm³/mol. The molecule has 0 amide bonds. The number of ether oxygens (including phenoxy) is 1. The molecule has 4 nitrogen and oxygen atoms in total. The van der Waals surface area contributed by atoms with Crippen LogP contribution in [0.2, 0.25) is 0 Å². The second-order valence-electron chi connectivity index (χ2n) is 3.84. The number of carbonyl (C=O) groups excluding carboxylic acids is 1. The van der Waals surface area contributed by atoms with Crippen LogP contribution in [0.25, 0.3) is 5.69 Å². The van der Waals surface area contributed by atoms with Crippen molar-refractivity contribution >= 4 is 21.9 Å². The van der Waals surface area contributed by atoms with E-state index in [9.17, 15) is 18.4 Å². The van der Waals surface area contributed by atoms with E-state index in [0.29, 0.717) is 4.47 Å². The number of hydrogen-bond acceptors (Lipinski definition) is 3. The molecule has 0 aliphatic heterocycles. The SMILES string of the molecule is COC(=O)c1cc(Br)cn(-c2ccc(F)c(F)c2)c1=O. The van der Waals surface area contributed by atoms with Crippen molar-refractivity contribution in [1.82, 2.24) is 4.57 Å². The zero-order valence-electron chi connectivity index (χ0n) is 10.2. The summed E-state index contributed by atoms with van der Waals surface area (Å²) in [5.74, 6) is -2.92. The Bertz CT molecular complexity index is 743. The maximum Gasteiger partial charge on any atom is 0.343 e. The highest BCUT2D eigenvalue weighted by Gasteiger charge is 2.15. The molecule has 7 heteroatoms. The fourth-order valence-corrected chi connectivity index (χ4v) is 2.07. The summed E-state index contributed by atoms with van der Waals surface area (Å²) in [5.41, 5.74) is -0.807. The summed E-state index contributed by atoms with van der Waals surface area (Å²) in [5, 5.41) is 0. The van der Waals surface area contributed by atoms with E-state index in [-0.39, 0.29) is 11.3 Å². The van der Waals surface area contributed by atoms with Crippen molar-refractivity contribution in [2.75, 3.05) is 7.11 Å². The number of nitrogens with zero attached hydrogens (tertiary/aromatic N) is 1. The molecule has 0 saturated carbocycles. The third kappa shape index (κ3) is 2.62. The second-order valence-corrected chi connectivity index (χ2v) is 4.75. The number of esters is 1. The van der Waals surface area contributed by atoms with E-state index in [2.05, 4.69) is 20.7 Å². The minimum atomic E-state index is -1.09. The van der Waals surface area contributed by atoms with Gasteiger partial charge >= 0.3 is 5.97 Å². The Labute approximate surface area is 120 Å². The van der Waals surface area contributed by atoms with Gasteiger partial charge < -0.3 is 4.74 Å². The largest absolute Gasteiger partial charge is 0.465 e. The van der Waals surface area contributed by atoms with Crippen molar-refractivity contribution < 1.29 is 18.3 Å². The van der Waals surface area contributed by atoms with Crippen LogP contribution in [-0.2, 0) is 4.74 Å². The van der Waals surface area contributed by atoms with Crippen LogP contribution in [0.3, 0.4) is 0 Å². The summed E-state index contributed by atoms with van der Waals surface area (Å²) in [6, 6.07) is 4.29. The van der Waals surface area contributed by atoms with Crippen molar-refractivity contribution in [3.63, 3.8) is 0 Å². The molecule has 2 aromatic rings. The van der Waals surface area contributed by atoms with Gasteiger partial charge in [0.1, 0.15) is 5.56 Å². The minimum absolute atomic E-state index is 0.0975. The first kappa shape index (κ1) is 14.4. The number of carbonyl (C=O) groups is 1. The molecule has 1 aromatic carbocycles. The number of aromatic nitrogens is 1. The molecule has 0 bridgehead atoms. The van der Waals surface area contributed by atoms with E-state index in [0.717, 1.165) is 23.8 Å². The highest BCUT2D eigenvalue weighted by molar-refractivity contribution is 9.10. The fourth-order valence-electron chi connectivity index (χ4n) is 1.63. The standard InChI is InChI=1S/C13H8BrF2NO3/c1-20-13(19)9-4-7(14)6-17(12(9)18)8-2-3-10(15)11(16)5-8/h2-6H,1H3. The third-order valence-electron chi connectivity index (χ3n) is 2.57. The molecule has 104 valence electrons. The Kier molecular flexibility index (Phi) is 3.99. The highest BCUT2D eigenvalue weighted by atomic mass is 79.9. The molecule has 1 heterocycles. The van der Waals surface area contributed by atoms with E-state index in [4.69, 9.17) is 0 Å². The number of halogens is 3. The average molecular weight is 344 g/mol. The van der Waals surface area contributed by atoms with Gasteiger partial charge in [-0.15, -0.1) is 0 Å². The van der Waals surface area contributed by atoms with Crippen LogP contribution in [0.1, 0.15) is 10.4 Å². The maximum atomic E-state index is 13.2. The Morgan fingerprint density at radius 1 is 1.25 bits per heavy atom. The summed E-state index contributed by atoms with van der Waals surface area (Å²) in [6.45, 7) is 0. The molecule has 0 saturated heterocycles. The summed E-state index contributed by atoms with van der Waals surface area (Å²) in [7, 11) is 1.14. The molecule has 0 atom stereocenters. The summed E-state index contributed by atoms with van der Waals surface area (Å²) < 4.78 is 32.1. The molecular weight excluding hydrogens is 336 g/mol. The van der Waals surface area contributed by atoms with Gasteiger partial charge in [0.15, 0.2) is 11.6 Å². The lowest BCUT2D eigenvalue weighted by molar-refractivity contribution is 0.0598. The predicted octanol–water partition coefficient (Wildman–Crippen LogP) is 2.66. The van der Waals surface area contributed by atoms with Gasteiger partial charge in [-0.1, -0.05) is 0 Å². The zero-order chi connectivity index (χ0) is 14.9. The number of rotatable bonds is 2. The maximum absolute atomic E-state index is 13.2. The van der Waals surface area contributed by atoms with Crippen LogP contribution in [0.4, 0.5) is 8.78 Å². The van der Waals surface area contributed by atoms with E-state index in [1.807, 2.05) is 0 Å². The summed E-state index contributed by atoms with van der Waals surface area (Å²) in [6.07, 6.45) is 1.35. The van der Waals surface area contributed by atoms with Gasteiger partial charge in [0, 0.05) is 16.7 Å². The van der Waals surface area contributed by atoms with Gasteiger partial charge in [-0.3, -0.25) is 9.36 Å². The Balaban J connectivity index is 2.68. The molecule has 1 aromatic heterocycles. The normalized spacial score (nSPS) is 10.4. The highest BCUT2D eigenvalue weighted by Crippen LogP contribution is 2.15. The topological polar surface area (TPSA) is 48.3 Å². The van der Waals surface area contributed by atoms with Gasteiger partial charge in [0.2, 0.25) is 0 Å². The van der Waals surface area contributed by atoms with Crippen LogP contribution >= 0.6 is 15.9 Å². The molecule has 0 fully saturated rings. The van der Waals surface area contributed by atoms with E-state index in [1.54, 1.807) is 0 Å². The second kappa shape index (κ2) is 5.54. The smallest absolute Gasteiger partial charge is 0.343 e. The lowest BCUT2D eigenvalue weighted by Crippen LogP contribution is -2.25. The van der Waals surface area contributed by atoms with E-state index >= 15 is 0 Å². The van der Waals surface area contributed by atoms with Gasteiger partial charge in [-0.25, -0.2) is 13.6 Å². The van der Waals surface area contributed by atoms with E-state index in [1.165, 1.54) is 18.3 Å². The van der Waals surface area contributed by atoms with Crippen LogP contribution in [0.5, 0.6) is 0 Å². The van der Waals surface area contributed by atoms with Crippen LogP contribution < -0.4 is 5.56 Å². The monoisotopic (exact) mass is 343 g/mol. The van der Waals surface area contributed by atoms with Crippen molar-refractivity contribution in [2.24, 2.45) is 0 Å². The molecule has 2 rings (SSSR count). The van der Waals surface area contributed by atoms with Gasteiger partial charge in [0.05, 0.1) is 12.8 Å².